The molecule has 120 valence electrons. The van der Waals surface area contributed by atoms with Gasteiger partial charge in [0.15, 0.2) is 0 Å². The Morgan fingerprint density at radius 3 is 2.67 bits per heavy atom. The van der Waals surface area contributed by atoms with Crippen LogP contribution in [0.25, 0.3) is 0 Å². The van der Waals surface area contributed by atoms with Crippen LogP contribution in [-0.2, 0) is 12.3 Å². The number of furan rings is 1. The zero-order chi connectivity index (χ0) is 15.2. The van der Waals surface area contributed by atoms with E-state index in [-0.39, 0.29) is 5.75 Å². The predicted octanol–water partition coefficient (Wildman–Crippen LogP) is 5.04. The predicted molar refractivity (Wildman–Crippen MR) is 83.4 cm³/mol. The summed E-state index contributed by atoms with van der Waals surface area (Å²) in [6.07, 6.45) is 5.13. The van der Waals surface area contributed by atoms with Crippen molar-refractivity contribution < 1.29 is 13.2 Å². The molecule has 0 aromatic carbocycles. The molecule has 0 amide bonds. The summed E-state index contributed by atoms with van der Waals surface area (Å²) < 4.78 is 29.9. The summed E-state index contributed by atoms with van der Waals surface area (Å²) in [6, 6.07) is 4.23. The standard InChI is InChI=1S/C16H25F2NOS/c1-11(2)14-5-3-4-6-15(14)19-9-12-7-8-13(20-12)10-21-16(17)18/h7-8,11,14-16,19H,3-6,9-10H2,1-2H3. The molecule has 1 N–H and O–H groups in total. The van der Waals surface area contributed by atoms with E-state index in [1.165, 1.54) is 25.7 Å². The van der Waals surface area contributed by atoms with Gasteiger partial charge in [-0.2, -0.15) is 8.78 Å². The molecule has 0 bridgehead atoms. The fourth-order valence-electron chi connectivity index (χ4n) is 3.18. The Morgan fingerprint density at radius 1 is 1.24 bits per heavy atom. The average molecular weight is 317 g/mol. The first-order valence-electron chi connectivity index (χ1n) is 7.77. The van der Waals surface area contributed by atoms with Crippen LogP contribution >= 0.6 is 11.8 Å². The second-order valence-corrected chi connectivity index (χ2v) is 7.10. The zero-order valence-corrected chi connectivity index (χ0v) is 13.6. The molecule has 2 nitrogen and oxygen atoms in total. The molecular formula is C16H25F2NOS. The van der Waals surface area contributed by atoms with Crippen molar-refractivity contribution in [1.82, 2.24) is 5.32 Å². The molecule has 1 aliphatic rings. The van der Waals surface area contributed by atoms with Crippen LogP contribution in [0.2, 0.25) is 0 Å². The van der Waals surface area contributed by atoms with Crippen LogP contribution in [0.1, 0.15) is 51.1 Å². The van der Waals surface area contributed by atoms with E-state index in [4.69, 9.17) is 4.42 Å². The summed E-state index contributed by atoms with van der Waals surface area (Å²) >= 11 is 0.601. The lowest BCUT2D eigenvalue weighted by Crippen LogP contribution is -2.40. The lowest BCUT2D eigenvalue weighted by Gasteiger charge is -2.34. The van der Waals surface area contributed by atoms with Gasteiger partial charge >= 0.3 is 0 Å². The van der Waals surface area contributed by atoms with Gasteiger partial charge in [0.2, 0.25) is 0 Å². The molecule has 1 aliphatic carbocycles. The van der Waals surface area contributed by atoms with Gasteiger partial charge in [-0.3, -0.25) is 0 Å². The molecule has 5 heteroatoms. The van der Waals surface area contributed by atoms with Crippen LogP contribution < -0.4 is 5.32 Å². The molecule has 1 aromatic heterocycles. The van der Waals surface area contributed by atoms with Crippen LogP contribution in [-0.4, -0.2) is 11.8 Å². The van der Waals surface area contributed by atoms with Gasteiger partial charge in [-0.05, 0) is 36.8 Å². The molecular weight excluding hydrogens is 292 g/mol. The highest BCUT2D eigenvalue weighted by atomic mass is 32.2. The van der Waals surface area contributed by atoms with E-state index in [0.29, 0.717) is 36.0 Å². The monoisotopic (exact) mass is 317 g/mol. The molecule has 0 radical (unpaired) electrons. The maximum atomic E-state index is 12.1. The minimum atomic E-state index is -2.34. The van der Waals surface area contributed by atoms with Crippen molar-refractivity contribution in [2.75, 3.05) is 0 Å². The van der Waals surface area contributed by atoms with Crippen LogP contribution in [0.3, 0.4) is 0 Å². The van der Waals surface area contributed by atoms with Gasteiger partial charge in [-0.25, -0.2) is 0 Å². The van der Waals surface area contributed by atoms with Crippen molar-refractivity contribution in [3.63, 3.8) is 0 Å². The first-order valence-corrected chi connectivity index (χ1v) is 8.82. The number of nitrogens with one attached hydrogen (secondary N) is 1. The van der Waals surface area contributed by atoms with E-state index in [1.807, 2.05) is 6.07 Å². The lowest BCUT2D eigenvalue weighted by atomic mass is 9.78. The second-order valence-electron chi connectivity index (χ2n) is 6.12. The fourth-order valence-corrected chi connectivity index (χ4v) is 3.63. The highest BCUT2D eigenvalue weighted by molar-refractivity contribution is 7.98. The quantitative estimate of drug-likeness (QED) is 0.762. The number of halogens is 2. The minimum absolute atomic E-state index is 0.232. The third kappa shape index (κ3) is 5.29. The molecule has 21 heavy (non-hydrogen) atoms. The Labute approximate surface area is 130 Å². The van der Waals surface area contributed by atoms with Crippen molar-refractivity contribution in [3.05, 3.63) is 23.7 Å². The Morgan fingerprint density at radius 2 is 1.95 bits per heavy atom. The molecule has 1 saturated carbocycles. The van der Waals surface area contributed by atoms with Crippen LogP contribution in [0.15, 0.2) is 16.5 Å². The summed E-state index contributed by atoms with van der Waals surface area (Å²) in [5, 5.41) is 3.60. The summed E-state index contributed by atoms with van der Waals surface area (Å²) in [5.41, 5.74) is 0. The zero-order valence-electron chi connectivity index (χ0n) is 12.8. The topological polar surface area (TPSA) is 25.2 Å². The van der Waals surface area contributed by atoms with E-state index in [2.05, 4.69) is 19.2 Å². The Balaban J connectivity index is 1.81. The smallest absolute Gasteiger partial charge is 0.284 e. The van der Waals surface area contributed by atoms with E-state index in [1.54, 1.807) is 6.07 Å². The van der Waals surface area contributed by atoms with Crippen LogP contribution in [0.5, 0.6) is 0 Å². The Hall–Kier alpha value is -0.550. The number of rotatable bonds is 7. The number of alkyl halides is 2. The molecule has 1 aromatic rings. The number of thioether (sulfide) groups is 1. The van der Waals surface area contributed by atoms with E-state index in [0.717, 1.165) is 11.7 Å². The van der Waals surface area contributed by atoms with Crippen molar-refractivity contribution in [2.24, 2.45) is 11.8 Å². The Bertz CT molecular complexity index is 422. The molecule has 0 saturated heterocycles. The maximum absolute atomic E-state index is 12.1. The van der Waals surface area contributed by atoms with Crippen LogP contribution in [0.4, 0.5) is 8.78 Å². The normalized spacial score (nSPS) is 23.1. The van der Waals surface area contributed by atoms with Gasteiger partial charge < -0.3 is 9.73 Å². The average Bonchev–Trinajstić information content (AvgIpc) is 2.91. The third-order valence-electron chi connectivity index (χ3n) is 4.28. The first-order chi connectivity index (χ1) is 10.1. The highest BCUT2D eigenvalue weighted by Crippen LogP contribution is 2.30. The highest BCUT2D eigenvalue weighted by Gasteiger charge is 2.27. The van der Waals surface area contributed by atoms with Gasteiger partial charge in [0.25, 0.3) is 5.76 Å². The maximum Gasteiger partial charge on any atom is 0.284 e. The van der Waals surface area contributed by atoms with Crippen molar-refractivity contribution in [3.8, 4) is 0 Å². The molecule has 1 heterocycles. The van der Waals surface area contributed by atoms with E-state index in [9.17, 15) is 8.78 Å². The summed E-state index contributed by atoms with van der Waals surface area (Å²) in [5.74, 6) is 0.773. The van der Waals surface area contributed by atoms with Crippen molar-refractivity contribution in [2.45, 2.75) is 63.6 Å². The number of hydrogen-bond acceptors (Lipinski definition) is 3. The van der Waals surface area contributed by atoms with Gasteiger partial charge in [-0.15, -0.1) is 0 Å². The second kappa shape index (κ2) is 8.18. The number of hydrogen-bond donors (Lipinski definition) is 1. The SMILES string of the molecule is CC(C)C1CCCCC1NCc1ccc(CSC(F)F)o1. The van der Waals surface area contributed by atoms with Gasteiger partial charge in [0, 0.05) is 6.04 Å². The van der Waals surface area contributed by atoms with E-state index >= 15 is 0 Å². The largest absolute Gasteiger partial charge is 0.464 e. The fraction of sp³-hybridized carbons (Fsp3) is 0.750. The van der Waals surface area contributed by atoms with Crippen molar-refractivity contribution in [1.29, 1.82) is 0 Å². The van der Waals surface area contributed by atoms with Crippen molar-refractivity contribution >= 4 is 11.8 Å². The van der Waals surface area contributed by atoms with Gasteiger partial charge in [0.1, 0.15) is 11.5 Å². The molecule has 1 fully saturated rings. The van der Waals surface area contributed by atoms with Crippen LogP contribution in [0, 0.1) is 11.8 Å². The molecule has 2 unspecified atom stereocenters. The van der Waals surface area contributed by atoms with Gasteiger partial charge in [-0.1, -0.05) is 38.5 Å². The van der Waals surface area contributed by atoms with E-state index < -0.39 is 5.76 Å². The molecule has 0 aliphatic heterocycles. The summed E-state index contributed by atoms with van der Waals surface area (Å²) in [7, 11) is 0. The molecule has 2 rings (SSSR count). The Kier molecular flexibility index (Phi) is 6.55. The summed E-state index contributed by atoms with van der Waals surface area (Å²) in [6.45, 7) is 5.27. The minimum Gasteiger partial charge on any atom is -0.464 e. The third-order valence-corrected chi connectivity index (χ3v) is 4.99. The lowest BCUT2D eigenvalue weighted by molar-refractivity contribution is 0.201. The molecule has 0 spiro atoms. The van der Waals surface area contributed by atoms with Gasteiger partial charge in [0.05, 0.1) is 12.3 Å². The first kappa shape index (κ1) is 16.8. The molecule has 2 atom stereocenters. The summed E-state index contributed by atoms with van der Waals surface area (Å²) in [4.78, 5) is 0.